The zero-order valence-corrected chi connectivity index (χ0v) is 21.5. The highest BCUT2D eigenvalue weighted by Gasteiger charge is 2.28. The van der Waals surface area contributed by atoms with Crippen molar-refractivity contribution in [1.82, 2.24) is 4.90 Å². The van der Waals surface area contributed by atoms with Crippen molar-refractivity contribution < 1.29 is 4.74 Å². The second-order valence-corrected chi connectivity index (χ2v) is 10.1. The lowest BCUT2D eigenvalue weighted by molar-refractivity contribution is 0.248. The molecule has 174 valence electrons. The van der Waals surface area contributed by atoms with Crippen LogP contribution in [-0.2, 0) is 4.74 Å². The lowest BCUT2D eigenvalue weighted by atomic mass is 9.76. The maximum absolute atomic E-state index is 5.57. The fourth-order valence-electron chi connectivity index (χ4n) is 5.17. The minimum absolute atomic E-state index is 0.451. The molecule has 2 nitrogen and oxygen atoms in total. The fourth-order valence-corrected chi connectivity index (χ4v) is 5.17. The molecule has 0 aliphatic heterocycles. The second-order valence-electron chi connectivity index (χ2n) is 10.1. The van der Waals surface area contributed by atoms with E-state index in [9.17, 15) is 0 Å². The average Bonchev–Trinajstić information content (AvgIpc) is 2.88. The summed E-state index contributed by atoms with van der Waals surface area (Å²) in [4.78, 5) is 2.55. The van der Waals surface area contributed by atoms with Crippen molar-refractivity contribution in [1.29, 1.82) is 0 Å². The van der Waals surface area contributed by atoms with E-state index in [1.54, 1.807) is 12.7 Å². The van der Waals surface area contributed by atoms with Gasteiger partial charge in [0.2, 0.25) is 0 Å². The molecule has 0 N–H and O–H groups in total. The summed E-state index contributed by atoms with van der Waals surface area (Å²) >= 11 is 0. The molecule has 0 saturated heterocycles. The third kappa shape index (κ3) is 7.52. The first kappa shape index (κ1) is 25.7. The molecule has 0 saturated carbocycles. The number of nitrogens with zero attached hydrogens (tertiary/aromatic N) is 1. The molecule has 0 aromatic carbocycles. The van der Waals surface area contributed by atoms with E-state index in [-0.39, 0.29) is 0 Å². The van der Waals surface area contributed by atoms with Crippen LogP contribution in [0.15, 0.2) is 58.4 Å². The molecule has 0 amide bonds. The number of unbranched alkanes of at least 4 members (excludes halogenated alkanes) is 1. The monoisotopic (exact) mass is 425 g/mol. The Morgan fingerprint density at radius 3 is 2.55 bits per heavy atom. The van der Waals surface area contributed by atoms with Crippen molar-refractivity contribution >= 4 is 0 Å². The Bertz CT molecular complexity index is 736. The van der Waals surface area contributed by atoms with Crippen LogP contribution in [0.25, 0.3) is 0 Å². The van der Waals surface area contributed by atoms with Crippen LogP contribution in [0.2, 0.25) is 0 Å². The van der Waals surface area contributed by atoms with E-state index in [1.807, 2.05) is 0 Å². The van der Waals surface area contributed by atoms with Crippen LogP contribution in [0.5, 0.6) is 0 Å². The van der Waals surface area contributed by atoms with Crippen molar-refractivity contribution in [2.45, 2.75) is 73.6 Å². The number of ether oxygens (including phenoxy) is 1. The number of rotatable bonds is 11. The van der Waals surface area contributed by atoms with E-state index in [0.29, 0.717) is 23.7 Å². The summed E-state index contributed by atoms with van der Waals surface area (Å²) in [7, 11) is 4.07. The molecule has 2 aliphatic carbocycles. The lowest BCUT2D eigenvalue weighted by Crippen LogP contribution is -2.33. The largest absolute Gasteiger partial charge is 0.497 e. The van der Waals surface area contributed by atoms with Gasteiger partial charge in [0, 0.05) is 13.1 Å². The fraction of sp³-hybridized carbons (Fsp3) is 0.655. The third-order valence-electron chi connectivity index (χ3n) is 7.31. The maximum atomic E-state index is 5.57. The first-order valence-corrected chi connectivity index (χ1v) is 12.5. The van der Waals surface area contributed by atoms with Gasteiger partial charge in [-0.05, 0) is 75.1 Å². The minimum Gasteiger partial charge on any atom is -0.497 e. The lowest BCUT2D eigenvalue weighted by Gasteiger charge is -2.34. The summed E-state index contributed by atoms with van der Waals surface area (Å²) in [6.45, 7) is 16.1. The summed E-state index contributed by atoms with van der Waals surface area (Å²) in [6, 6.07) is 0. The highest BCUT2D eigenvalue weighted by molar-refractivity contribution is 5.35. The number of likely N-dealkylation sites (N-methyl/N-ethyl adjacent to an activating group) is 1. The summed E-state index contributed by atoms with van der Waals surface area (Å²) < 4.78 is 5.57. The van der Waals surface area contributed by atoms with Gasteiger partial charge in [0.15, 0.2) is 0 Å². The SMILES string of the molecule is CCCC[C@H](C)[C@H](CN(C)CC1=CC(CC)CC(C)=C1)C1=CC=C(OC)C=C(C)C1C. The smallest absolute Gasteiger partial charge is 0.118 e. The van der Waals surface area contributed by atoms with Crippen LogP contribution in [0.1, 0.15) is 73.6 Å². The van der Waals surface area contributed by atoms with Crippen LogP contribution < -0.4 is 0 Å². The molecule has 0 bridgehead atoms. The van der Waals surface area contributed by atoms with E-state index in [2.05, 4.69) is 83.9 Å². The summed E-state index contributed by atoms with van der Waals surface area (Å²) in [5, 5.41) is 0. The van der Waals surface area contributed by atoms with E-state index >= 15 is 0 Å². The van der Waals surface area contributed by atoms with Gasteiger partial charge >= 0.3 is 0 Å². The molecular weight excluding hydrogens is 378 g/mol. The van der Waals surface area contributed by atoms with Gasteiger partial charge in [-0.25, -0.2) is 0 Å². The molecule has 4 atom stereocenters. The summed E-state index contributed by atoms with van der Waals surface area (Å²) in [5.41, 5.74) is 5.99. The molecular formula is C29H47NO. The van der Waals surface area contributed by atoms with Gasteiger partial charge < -0.3 is 9.64 Å². The Kier molecular flexibility index (Phi) is 10.4. The van der Waals surface area contributed by atoms with Gasteiger partial charge in [-0.1, -0.05) is 81.9 Å². The topological polar surface area (TPSA) is 12.5 Å². The van der Waals surface area contributed by atoms with E-state index in [4.69, 9.17) is 4.74 Å². The van der Waals surface area contributed by atoms with Crippen molar-refractivity contribution in [2.24, 2.45) is 23.7 Å². The Hall–Kier alpha value is -1.54. The molecule has 2 aliphatic rings. The van der Waals surface area contributed by atoms with Crippen LogP contribution >= 0.6 is 0 Å². The standard InChI is InChI=1S/C29H47NO/c1-9-11-12-22(4)29(28-14-13-27(31-8)17-23(5)24(28)6)20-30(7)19-26-16-21(3)15-25(10-2)18-26/h13-14,16-18,22,24-25,29H,9-12,15,19-20H2,1-8H3/t22-,24?,25?,29-/m0/s1. The molecule has 0 aromatic rings. The number of methoxy groups -OCH3 is 1. The van der Waals surface area contributed by atoms with Crippen molar-refractivity contribution in [3.8, 4) is 0 Å². The molecule has 2 unspecified atom stereocenters. The van der Waals surface area contributed by atoms with Crippen LogP contribution in [0.4, 0.5) is 0 Å². The van der Waals surface area contributed by atoms with Crippen LogP contribution in [0.3, 0.4) is 0 Å². The van der Waals surface area contributed by atoms with Gasteiger partial charge in [-0.2, -0.15) is 0 Å². The van der Waals surface area contributed by atoms with Crippen LogP contribution in [0, 0.1) is 23.7 Å². The first-order chi connectivity index (χ1) is 14.8. The number of hydrogen-bond donors (Lipinski definition) is 0. The van der Waals surface area contributed by atoms with Gasteiger partial charge in [0.05, 0.1) is 7.11 Å². The van der Waals surface area contributed by atoms with Crippen LogP contribution in [-0.4, -0.2) is 32.1 Å². The number of allylic oxidation sites excluding steroid dienone is 6. The Morgan fingerprint density at radius 2 is 1.90 bits per heavy atom. The predicted octanol–water partition coefficient (Wildman–Crippen LogP) is 7.72. The average molecular weight is 426 g/mol. The second kappa shape index (κ2) is 12.5. The summed E-state index contributed by atoms with van der Waals surface area (Å²) in [6.07, 6.45) is 18.0. The first-order valence-electron chi connectivity index (χ1n) is 12.5. The zero-order valence-electron chi connectivity index (χ0n) is 21.5. The highest BCUT2D eigenvalue weighted by atomic mass is 16.5. The Labute approximate surface area is 192 Å². The van der Waals surface area contributed by atoms with Gasteiger partial charge in [0.1, 0.15) is 5.76 Å². The van der Waals surface area contributed by atoms with Gasteiger partial charge in [-0.3, -0.25) is 0 Å². The zero-order chi connectivity index (χ0) is 23.0. The predicted molar refractivity (Wildman–Crippen MR) is 136 cm³/mol. The minimum atomic E-state index is 0.451. The third-order valence-corrected chi connectivity index (χ3v) is 7.31. The Balaban J connectivity index is 2.24. The van der Waals surface area contributed by atoms with Gasteiger partial charge in [-0.15, -0.1) is 0 Å². The maximum Gasteiger partial charge on any atom is 0.118 e. The quantitative estimate of drug-likeness (QED) is 0.336. The van der Waals surface area contributed by atoms with E-state index in [1.165, 1.54) is 48.8 Å². The molecule has 31 heavy (non-hydrogen) atoms. The number of hydrogen-bond acceptors (Lipinski definition) is 2. The van der Waals surface area contributed by atoms with E-state index < -0.39 is 0 Å². The molecule has 2 rings (SSSR count). The van der Waals surface area contributed by atoms with Gasteiger partial charge in [0.25, 0.3) is 0 Å². The molecule has 0 radical (unpaired) electrons. The highest BCUT2D eigenvalue weighted by Crippen LogP contribution is 2.36. The molecule has 0 heterocycles. The summed E-state index contributed by atoms with van der Waals surface area (Å²) in [5.74, 6) is 3.35. The molecule has 0 fully saturated rings. The Morgan fingerprint density at radius 1 is 1.16 bits per heavy atom. The molecule has 2 heteroatoms. The van der Waals surface area contributed by atoms with Crippen molar-refractivity contribution in [3.05, 3.63) is 58.4 Å². The normalized spacial score (nSPS) is 23.8. The van der Waals surface area contributed by atoms with Crippen molar-refractivity contribution in [2.75, 3.05) is 27.2 Å². The van der Waals surface area contributed by atoms with E-state index in [0.717, 1.165) is 18.8 Å². The van der Waals surface area contributed by atoms with Crippen molar-refractivity contribution in [3.63, 3.8) is 0 Å². The molecule has 0 spiro atoms. The molecule has 0 aromatic heterocycles.